The highest BCUT2D eigenvalue weighted by Gasteiger charge is 2.23. The van der Waals surface area contributed by atoms with Gasteiger partial charge in [-0.05, 0) is 12.8 Å². The van der Waals surface area contributed by atoms with Crippen LogP contribution in [0.5, 0.6) is 0 Å². The summed E-state index contributed by atoms with van der Waals surface area (Å²) in [5.41, 5.74) is 0. The molecule has 1 N–H and O–H groups in total. The van der Waals surface area contributed by atoms with Crippen LogP contribution in [0.25, 0.3) is 0 Å². The number of aliphatic hydroxyl groups excluding tert-OH is 1. The van der Waals surface area contributed by atoms with Crippen LogP contribution in [-0.2, 0) is 4.79 Å². The van der Waals surface area contributed by atoms with Crippen LogP contribution in [0.4, 0.5) is 0 Å². The molecule has 1 unspecified atom stereocenters. The van der Waals surface area contributed by atoms with Gasteiger partial charge in [-0.3, -0.25) is 9.69 Å². The molecule has 0 saturated carbocycles. The largest absolute Gasteiger partial charge is 0.503 e. The molecule has 1 saturated heterocycles. The number of aliphatic hydroxyl groups is 1. The van der Waals surface area contributed by atoms with Gasteiger partial charge < -0.3 is 5.11 Å². The highest BCUT2D eigenvalue weighted by molar-refractivity contribution is 5.91. The molecule has 1 fully saturated rings. The first-order valence-corrected chi connectivity index (χ1v) is 4.87. The smallest absolute Gasteiger partial charge is 0.329 e. The van der Waals surface area contributed by atoms with Gasteiger partial charge in [-0.1, -0.05) is 6.42 Å². The van der Waals surface area contributed by atoms with Crippen molar-refractivity contribution in [2.75, 3.05) is 13.1 Å². The van der Waals surface area contributed by atoms with Crippen LogP contribution in [0.3, 0.4) is 0 Å². The third-order valence-electron chi connectivity index (χ3n) is 2.56. The molecular weight excluding hydrogens is 182 g/mol. The molecule has 2 aliphatic heterocycles. The maximum Gasteiger partial charge on any atom is 0.329 e. The molecule has 1 atom stereocenters. The Morgan fingerprint density at radius 3 is 2.71 bits per heavy atom. The summed E-state index contributed by atoms with van der Waals surface area (Å²) in [7, 11) is 0. The lowest BCUT2D eigenvalue weighted by Crippen LogP contribution is -2.38. The first kappa shape index (κ1) is 9.33. The lowest BCUT2D eigenvalue weighted by Gasteiger charge is -2.30. The van der Waals surface area contributed by atoms with Crippen molar-refractivity contribution in [2.24, 2.45) is 10.2 Å². The van der Waals surface area contributed by atoms with Crippen LogP contribution in [0.15, 0.2) is 22.1 Å². The summed E-state index contributed by atoms with van der Waals surface area (Å²) in [6.45, 7) is 1.92. The lowest BCUT2D eigenvalue weighted by atomic mass is 10.1. The minimum absolute atomic E-state index is 0.243. The van der Waals surface area contributed by atoms with Crippen LogP contribution in [-0.4, -0.2) is 35.2 Å². The lowest BCUT2D eigenvalue weighted by molar-refractivity contribution is -0.117. The molecule has 2 heterocycles. The molecule has 0 bridgehead atoms. The number of hydrogen-bond donors (Lipinski definition) is 1. The van der Waals surface area contributed by atoms with Crippen LogP contribution in [0, 0.1) is 0 Å². The number of carbonyl (C=O) groups excluding carboxylic acids is 1. The molecule has 0 spiro atoms. The number of amides is 1. The summed E-state index contributed by atoms with van der Waals surface area (Å²) in [5, 5.41) is 16.5. The second kappa shape index (κ2) is 3.88. The van der Waals surface area contributed by atoms with Crippen LogP contribution < -0.4 is 0 Å². The molecule has 0 aromatic rings. The molecule has 1 amide bonds. The zero-order valence-corrected chi connectivity index (χ0v) is 7.89. The highest BCUT2D eigenvalue weighted by atomic mass is 16.3. The van der Waals surface area contributed by atoms with Crippen LogP contribution in [0.2, 0.25) is 0 Å². The predicted molar refractivity (Wildman–Crippen MR) is 49.8 cm³/mol. The Hall–Kier alpha value is -1.23. The van der Waals surface area contributed by atoms with Gasteiger partial charge in [-0.25, -0.2) is 0 Å². The summed E-state index contributed by atoms with van der Waals surface area (Å²) in [6, 6.07) is 0. The van der Waals surface area contributed by atoms with Crippen molar-refractivity contribution in [3.63, 3.8) is 0 Å². The molecule has 14 heavy (non-hydrogen) atoms. The number of likely N-dealkylation sites (tertiary alicyclic amines) is 1. The molecule has 0 radical (unpaired) electrons. The summed E-state index contributed by atoms with van der Waals surface area (Å²) in [5.74, 6) is -0.922. The van der Waals surface area contributed by atoms with E-state index in [1.807, 2.05) is 0 Å². The van der Waals surface area contributed by atoms with Crippen LogP contribution in [0.1, 0.15) is 19.3 Å². The van der Waals surface area contributed by atoms with E-state index in [0.29, 0.717) is 0 Å². The van der Waals surface area contributed by atoms with Crippen molar-refractivity contribution in [2.45, 2.75) is 25.4 Å². The fourth-order valence-corrected chi connectivity index (χ4v) is 1.77. The zero-order chi connectivity index (χ0) is 9.97. The van der Waals surface area contributed by atoms with Crippen molar-refractivity contribution in [1.29, 1.82) is 0 Å². The van der Waals surface area contributed by atoms with E-state index in [4.69, 9.17) is 0 Å². The number of azo groups is 1. The maximum atomic E-state index is 10.8. The molecular formula is C9H13N3O2. The molecule has 0 aromatic carbocycles. The van der Waals surface area contributed by atoms with E-state index in [1.54, 1.807) is 0 Å². The van der Waals surface area contributed by atoms with Crippen LogP contribution >= 0.6 is 0 Å². The second-order valence-corrected chi connectivity index (χ2v) is 3.58. The minimum atomic E-state index is -0.641. The topological polar surface area (TPSA) is 65.3 Å². The third kappa shape index (κ3) is 1.82. The zero-order valence-electron chi connectivity index (χ0n) is 7.89. The van der Waals surface area contributed by atoms with E-state index in [2.05, 4.69) is 15.1 Å². The average molecular weight is 195 g/mol. The molecule has 5 heteroatoms. The molecule has 0 aliphatic carbocycles. The first-order chi connectivity index (χ1) is 6.77. The van der Waals surface area contributed by atoms with Gasteiger partial charge in [0.15, 0.2) is 5.76 Å². The SMILES string of the molecule is O=C1N=NC(N2CCCCC2)C=C1O. The highest BCUT2D eigenvalue weighted by Crippen LogP contribution is 2.17. The van der Waals surface area contributed by atoms with Gasteiger partial charge >= 0.3 is 5.91 Å². The van der Waals surface area contributed by atoms with Crippen molar-refractivity contribution < 1.29 is 9.90 Å². The van der Waals surface area contributed by atoms with E-state index < -0.39 is 5.91 Å². The Balaban J connectivity index is 2.04. The van der Waals surface area contributed by atoms with E-state index in [0.717, 1.165) is 25.9 Å². The quantitative estimate of drug-likeness (QED) is 0.684. The Morgan fingerprint density at radius 2 is 2.07 bits per heavy atom. The van der Waals surface area contributed by atoms with Gasteiger partial charge in [0.25, 0.3) is 0 Å². The predicted octanol–water partition coefficient (Wildman–Crippen LogP) is 1.23. The summed E-state index contributed by atoms with van der Waals surface area (Å²) in [4.78, 5) is 12.9. The van der Waals surface area contributed by atoms with Gasteiger partial charge in [0.05, 0.1) is 0 Å². The molecule has 76 valence electrons. The summed E-state index contributed by atoms with van der Waals surface area (Å²) in [6.07, 6.45) is 4.77. The maximum absolute atomic E-state index is 10.8. The van der Waals surface area contributed by atoms with Gasteiger partial charge in [0.2, 0.25) is 0 Å². The summed E-state index contributed by atoms with van der Waals surface area (Å²) >= 11 is 0. The monoisotopic (exact) mass is 195 g/mol. The number of hydrogen-bond acceptors (Lipinski definition) is 4. The van der Waals surface area contributed by atoms with Crippen molar-refractivity contribution >= 4 is 5.91 Å². The van der Waals surface area contributed by atoms with Crippen molar-refractivity contribution in [3.8, 4) is 0 Å². The minimum Gasteiger partial charge on any atom is -0.503 e. The fraction of sp³-hybridized carbons (Fsp3) is 0.667. The Morgan fingerprint density at radius 1 is 1.36 bits per heavy atom. The molecule has 0 aromatic heterocycles. The molecule has 5 nitrogen and oxygen atoms in total. The Bertz CT molecular complexity index is 292. The van der Waals surface area contributed by atoms with E-state index in [9.17, 15) is 9.90 Å². The number of nitrogens with zero attached hydrogens (tertiary/aromatic N) is 3. The third-order valence-corrected chi connectivity index (χ3v) is 2.56. The second-order valence-electron chi connectivity index (χ2n) is 3.58. The van der Waals surface area contributed by atoms with Gasteiger partial charge in [0, 0.05) is 19.2 Å². The average Bonchev–Trinajstić information content (AvgIpc) is 2.23. The number of rotatable bonds is 1. The fourth-order valence-electron chi connectivity index (χ4n) is 1.77. The molecule has 2 aliphatic rings. The van der Waals surface area contributed by atoms with Gasteiger partial charge in [-0.15, -0.1) is 5.11 Å². The molecule has 2 rings (SSSR count). The number of carbonyl (C=O) groups is 1. The van der Waals surface area contributed by atoms with E-state index in [-0.39, 0.29) is 11.9 Å². The van der Waals surface area contributed by atoms with Gasteiger partial charge in [0.1, 0.15) is 6.17 Å². The first-order valence-electron chi connectivity index (χ1n) is 4.87. The Kier molecular flexibility index (Phi) is 2.58. The van der Waals surface area contributed by atoms with Crippen molar-refractivity contribution in [1.82, 2.24) is 4.90 Å². The standard InChI is InChI=1S/C9H13N3O2/c13-7-6-8(10-11-9(7)14)12-4-2-1-3-5-12/h6,8,13H,1-5H2. The number of piperidine rings is 1. The van der Waals surface area contributed by atoms with E-state index >= 15 is 0 Å². The normalized spacial score (nSPS) is 29.0. The Labute approximate surface area is 82.1 Å². The van der Waals surface area contributed by atoms with E-state index in [1.165, 1.54) is 12.5 Å². The summed E-state index contributed by atoms with van der Waals surface area (Å²) < 4.78 is 0. The van der Waals surface area contributed by atoms with Gasteiger partial charge in [-0.2, -0.15) is 5.11 Å². The van der Waals surface area contributed by atoms with Crippen molar-refractivity contribution in [3.05, 3.63) is 11.8 Å².